The lowest BCUT2D eigenvalue weighted by Gasteiger charge is -2.07. The Morgan fingerprint density at radius 3 is 2.16 bits per heavy atom. The number of rotatable bonds is 6. The molecule has 0 radical (unpaired) electrons. The number of benzene rings is 3. The molecule has 0 saturated carbocycles. The Bertz CT molecular complexity index is 1350. The Morgan fingerprint density at radius 1 is 0.871 bits per heavy atom. The summed E-state index contributed by atoms with van der Waals surface area (Å²) in [4.78, 5) is 12.8. The number of sulfone groups is 1. The highest BCUT2D eigenvalue weighted by molar-refractivity contribution is 7.90. The maximum Gasteiger partial charge on any atom is 0.244 e. The monoisotopic (exact) mass is 472 g/mol. The van der Waals surface area contributed by atoms with Crippen molar-refractivity contribution in [2.24, 2.45) is 0 Å². The number of nitrogens with one attached hydrogen (secondary N) is 1. The molecule has 0 aliphatic carbocycles. The van der Waals surface area contributed by atoms with Gasteiger partial charge in [0.2, 0.25) is 5.91 Å². The number of hydrogen-bond donors (Lipinski definition) is 1. The molecule has 1 heterocycles. The van der Waals surface area contributed by atoms with Gasteiger partial charge in [0.25, 0.3) is 0 Å². The van der Waals surface area contributed by atoms with E-state index >= 15 is 0 Å². The van der Waals surface area contributed by atoms with E-state index in [1.54, 1.807) is 71.3 Å². The van der Waals surface area contributed by atoms with Gasteiger partial charge in [-0.3, -0.25) is 4.79 Å². The molecule has 1 N–H and O–H groups in total. The second-order valence-corrected chi connectivity index (χ2v) is 9.91. The molecule has 3 aromatic carbocycles. The minimum absolute atomic E-state index is 0.0282. The number of anilines is 1. The number of hydrogen-bond acceptors (Lipinski definition) is 3. The van der Waals surface area contributed by atoms with E-state index in [1.165, 1.54) is 6.20 Å². The van der Waals surface area contributed by atoms with Crippen molar-refractivity contribution in [3.05, 3.63) is 94.6 Å². The molecule has 0 aliphatic heterocycles. The van der Waals surface area contributed by atoms with Gasteiger partial charge in [-0.25, -0.2) is 8.42 Å². The van der Waals surface area contributed by atoms with Crippen LogP contribution in [0.3, 0.4) is 0 Å². The number of carbonyl (C=O) groups is 1. The fourth-order valence-corrected chi connectivity index (χ4v) is 5.19. The van der Waals surface area contributed by atoms with E-state index in [-0.39, 0.29) is 23.1 Å². The van der Waals surface area contributed by atoms with Crippen molar-refractivity contribution in [2.75, 3.05) is 5.32 Å². The van der Waals surface area contributed by atoms with Gasteiger partial charge in [-0.15, -0.1) is 0 Å². The van der Waals surface area contributed by atoms with Crippen LogP contribution in [0.25, 0.3) is 10.9 Å². The Labute approximate surface area is 190 Å². The maximum absolute atomic E-state index is 13.2. The summed E-state index contributed by atoms with van der Waals surface area (Å²) in [5, 5.41) is 4.49. The van der Waals surface area contributed by atoms with Crippen molar-refractivity contribution in [3.8, 4) is 0 Å². The summed E-state index contributed by atoms with van der Waals surface area (Å²) in [5.74, 6) is -0.431. The van der Waals surface area contributed by atoms with Crippen LogP contribution in [0.2, 0.25) is 10.0 Å². The largest absolute Gasteiger partial charge is 0.337 e. The summed E-state index contributed by atoms with van der Waals surface area (Å²) in [5.41, 5.74) is 1.92. The molecule has 4 aromatic rings. The van der Waals surface area contributed by atoms with E-state index in [0.29, 0.717) is 32.2 Å². The van der Waals surface area contributed by atoms with Crippen LogP contribution in [0.5, 0.6) is 0 Å². The van der Waals surface area contributed by atoms with Crippen LogP contribution < -0.4 is 5.32 Å². The number of carbonyl (C=O) groups excluding carboxylic acids is 1. The van der Waals surface area contributed by atoms with Gasteiger partial charge in [0.1, 0.15) is 6.54 Å². The van der Waals surface area contributed by atoms with Gasteiger partial charge in [0.15, 0.2) is 9.84 Å². The van der Waals surface area contributed by atoms with Gasteiger partial charge in [-0.2, -0.15) is 0 Å². The highest BCUT2D eigenvalue weighted by Crippen LogP contribution is 2.28. The van der Waals surface area contributed by atoms with Crippen molar-refractivity contribution in [1.82, 2.24) is 4.57 Å². The molecule has 1 aromatic heterocycles. The summed E-state index contributed by atoms with van der Waals surface area (Å²) in [6.07, 6.45) is 1.53. The van der Waals surface area contributed by atoms with Crippen molar-refractivity contribution in [3.63, 3.8) is 0 Å². The number of para-hydroxylation sites is 1. The molecule has 0 saturated heterocycles. The minimum Gasteiger partial charge on any atom is -0.337 e. The van der Waals surface area contributed by atoms with E-state index in [4.69, 9.17) is 23.2 Å². The SMILES string of the molecule is O=C(Cn1cc(S(=O)(=O)Cc2ccc(Cl)cc2)c2ccccc21)Nc1ccc(Cl)cc1. The normalized spacial score (nSPS) is 11.5. The maximum atomic E-state index is 13.2. The molecule has 5 nitrogen and oxygen atoms in total. The number of amides is 1. The standard InChI is InChI=1S/C23H18Cl2N2O3S/c24-17-7-5-16(6-8-17)15-31(29,30)22-13-27(21-4-2-1-3-20(21)22)14-23(28)26-19-11-9-18(25)10-12-19/h1-13H,14-15H2,(H,26,28). The molecule has 0 spiro atoms. The fourth-order valence-electron chi connectivity index (χ4n) is 3.36. The summed E-state index contributed by atoms with van der Waals surface area (Å²) in [6.45, 7) is -0.0282. The summed E-state index contributed by atoms with van der Waals surface area (Å²) >= 11 is 11.8. The van der Waals surface area contributed by atoms with E-state index in [9.17, 15) is 13.2 Å². The first kappa shape index (κ1) is 21.4. The topological polar surface area (TPSA) is 68.2 Å². The molecule has 31 heavy (non-hydrogen) atoms. The Kier molecular flexibility index (Phi) is 6.05. The molecule has 4 rings (SSSR count). The van der Waals surface area contributed by atoms with E-state index in [2.05, 4.69) is 5.32 Å². The molecule has 0 atom stereocenters. The van der Waals surface area contributed by atoms with Crippen LogP contribution in [0.4, 0.5) is 5.69 Å². The lowest BCUT2D eigenvalue weighted by Crippen LogP contribution is -2.18. The average molecular weight is 473 g/mol. The van der Waals surface area contributed by atoms with Crippen LogP contribution in [0.1, 0.15) is 5.56 Å². The summed E-state index contributed by atoms with van der Waals surface area (Å²) < 4.78 is 28.0. The first-order valence-corrected chi connectivity index (χ1v) is 11.8. The minimum atomic E-state index is -3.64. The van der Waals surface area contributed by atoms with Gasteiger partial charge >= 0.3 is 0 Å². The van der Waals surface area contributed by atoms with Crippen LogP contribution in [0.15, 0.2) is 83.9 Å². The Hall–Kier alpha value is -2.80. The number of halogens is 2. The van der Waals surface area contributed by atoms with Crippen molar-refractivity contribution >= 4 is 55.5 Å². The van der Waals surface area contributed by atoms with E-state index in [1.807, 2.05) is 6.07 Å². The molecule has 0 bridgehead atoms. The second kappa shape index (κ2) is 8.75. The molecular weight excluding hydrogens is 455 g/mol. The van der Waals surface area contributed by atoms with Gasteiger partial charge in [-0.05, 0) is 48.0 Å². The molecule has 1 amide bonds. The van der Waals surface area contributed by atoms with E-state index < -0.39 is 9.84 Å². The Balaban J connectivity index is 1.63. The second-order valence-electron chi connectivity index (χ2n) is 7.08. The lowest BCUT2D eigenvalue weighted by molar-refractivity contribution is -0.116. The predicted molar refractivity (Wildman–Crippen MR) is 124 cm³/mol. The van der Waals surface area contributed by atoms with Crippen LogP contribution in [-0.2, 0) is 26.9 Å². The zero-order valence-electron chi connectivity index (χ0n) is 16.3. The van der Waals surface area contributed by atoms with Crippen LogP contribution in [-0.4, -0.2) is 18.9 Å². The molecule has 0 unspecified atom stereocenters. The zero-order valence-corrected chi connectivity index (χ0v) is 18.6. The quantitative estimate of drug-likeness (QED) is 0.399. The lowest BCUT2D eigenvalue weighted by atomic mass is 10.2. The molecular formula is C23H18Cl2N2O3S. The molecule has 8 heteroatoms. The third-order valence-corrected chi connectivity index (χ3v) is 7.01. The van der Waals surface area contributed by atoms with Crippen molar-refractivity contribution in [2.45, 2.75) is 17.2 Å². The highest BCUT2D eigenvalue weighted by Gasteiger charge is 2.22. The van der Waals surface area contributed by atoms with Crippen molar-refractivity contribution in [1.29, 1.82) is 0 Å². The van der Waals surface area contributed by atoms with Gasteiger partial charge < -0.3 is 9.88 Å². The molecule has 0 fully saturated rings. The van der Waals surface area contributed by atoms with Crippen molar-refractivity contribution < 1.29 is 13.2 Å². The first-order valence-electron chi connectivity index (χ1n) is 9.42. The molecule has 158 valence electrons. The first-order chi connectivity index (χ1) is 14.8. The van der Waals surface area contributed by atoms with E-state index in [0.717, 1.165) is 0 Å². The molecule has 0 aliphatic rings. The Morgan fingerprint density at radius 2 is 1.48 bits per heavy atom. The van der Waals surface area contributed by atoms with Gasteiger partial charge in [-0.1, -0.05) is 53.5 Å². The van der Waals surface area contributed by atoms with Gasteiger partial charge in [0, 0.05) is 32.8 Å². The zero-order chi connectivity index (χ0) is 22.0. The number of aromatic nitrogens is 1. The average Bonchev–Trinajstić information content (AvgIpc) is 3.11. The fraction of sp³-hybridized carbons (Fsp3) is 0.0870. The highest BCUT2D eigenvalue weighted by atomic mass is 35.5. The third-order valence-electron chi connectivity index (χ3n) is 4.80. The summed E-state index contributed by atoms with van der Waals surface area (Å²) in [6, 6.07) is 20.6. The van der Waals surface area contributed by atoms with Crippen LogP contribution in [0, 0.1) is 0 Å². The number of fused-ring (bicyclic) bond motifs is 1. The number of nitrogens with zero attached hydrogens (tertiary/aromatic N) is 1. The van der Waals surface area contributed by atoms with Crippen LogP contribution >= 0.6 is 23.2 Å². The van der Waals surface area contributed by atoms with Gasteiger partial charge in [0.05, 0.1) is 10.6 Å². The predicted octanol–water partition coefficient (Wildman–Crippen LogP) is 5.56. The summed E-state index contributed by atoms with van der Waals surface area (Å²) in [7, 11) is -3.64. The smallest absolute Gasteiger partial charge is 0.244 e. The third kappa shape index (κ3) is 4.93.